The molecule has 0 aliphatic carbocycles. The molecular formula is C10H17NO. The first-order valence-corrected chi connectivity index (χ1v) is 4.39. The van der Waals surface area contributed by atoms with Crippen LogP contribution in [0.4, 0.5) is 0 Å². The summed E-state index contributed by atoms with van der Waals surface area (Å²) in [6, 6.07) is 3.69. The average molecular weight is 167 g/mol. The topological polar surface area (TPSA) is 32.9 Å². The minimum Gasteiger partial charge on any atom is -0.329 e. The maximum atomic E-state index is 11.0. The molecule has 0 amide bonds. The Hall–Kier alpha value is -1.05. The molecule has 0 radical (unpaired) electrons. The van der Waals surface area contributed by atoms with Gasteiger partial charge in [0.25, 0.3) is 5.56 Å². The summed E-state index contributed by atoms with van der Waals surface area (Å²) in [7, 11) is 0. The zero-order chi connectivity index (χ0) is 9.56. The highest BCUT2D eigenvalue weighted by Gasteiger charge is 2.00. The summed E-state index contributed by atoms with van der Waals surface area (Å²) in [5.41, 5.74) is 0.875. The van der Waals surface area contributed by atoms with Crippen molar-refractivity contribution in [3.8, 4) is 0 Å². The molecule has 2 nitrogen and oxygen atoms in total. The van der Waals surface area contributed by atoms with Gasteiger partial charge in [-0.15, -0.1) is 0 Å². The van der Waals surface area contributed by atoms with Gasteiger partial charge in [0.1, 0.15) is 0 Å². The van der Waals surface area contributed by atoms with Crippen LogP contribution < -0.4 is 5.56 Å². The average Bonchev–Trinajstić information content (AvgIpc) is 2.08. The SMILES string of the molecule is CC.CC(C)c1ccc[nH]c1=O. The number of nitrogens with one attached hydrogen (secondary N) is 1. The lowest BCUT2D eigenvalue weighted by Gasteiger charge is -2.00. The Morgan fingerprint density at radius 3 is 2.25 bits per heavy atom. The molecule has 1 heterocycles. The molecule has 1 aromatic heterocycles. The Bertz CT molecular complexity index is 263. The van der Waals surface area contributed by atoms with Gasteiger partial charge in [-0.25, -0.2) is 0 Å². The maximum absolute atomic E-state index is 11.0. The predicted molar refractivity (Wildman–Crippen MR) is 52.5 cm³/mol. The lowest BCUT2D eigenvalue weighted by molar-refractivity contribution is 0.844. The van der Waals surface area contributed by atoms with Gasteiger partial charge >= 0.3 is 0 Å². The zero-order valence-electron chi connectivity index (χ0n) is 8.22. The van der Waals surface area contributed by atoms with Crippen molar-refractivity contribution in [3.63, 3.8) is 0 Å². The van der Waals surface area contributed by atoms with Crippen LogP contribution in [0.3, 0.4) is 0 Å². The Morgan fingerprint density at radius 2 is 1.92 bits per heavy atom. The number of rotatable bonds is 1. The van der Waals surface area contributed by atoms with E-state index < -0.39 is 0 Å². The third-order valence-corrected chi connectivity index (χ3v) is 1.47. The number of hydrogen-bond acceptors (Lipinski definition) is 1. The highest BCUT2D eigenvalue weighted by Crippen LogP contribution is 2.06. The van der Waals surface area contributed by atoms with E-state index in [0.29, 0.717) is 5.92 Å². The van der Waals surface area contributed by atoms with Gasteiger partial charge in [0, 0.05) is 11.8 Å². The Balaban J connectivity index is 0.000000561. The van der Waals surface area contributed by atoms with Crippen LogP contribution in [0.1, 0.15) is 39.2 Å². The second-order valence-electron chi connectivity index (χ2n) is 2.61. The summed E-state index contributed by atoms with van der Waals surface area (Å²) in [5, 5.41) is 0. The second-order valence-corrected chi connectivity index (χ2v) is 2.61. The van der Waals surface area contributed by atoms with E-state index in [0.717, 1.165) is 5.56 Å². The second kappa shape index (κ2) is 5.58. The van der Waals surface area contributed by atoms with E-state index in [1.54, 1.807) is 6.20 Å². The van der Waals surface area contributed by atoms with Gasteiger partial charge in [0.05, 0.1) is 0 Å². The molecule has 0 aliphatic heterocycles. The molecule has 0 bridgehead atoms. The fourth-order valence-electron chi connectivity index (χ4n) is 0.889. The molecule has 1 N–H and O–H groups in total. The molecule has 0 saturated carbocycles. The monoisotopic (exact) mass is 167 g/mol. The van der Waals surface area contributed by atoms with E-state index in [1.165, 1.54) is 0 Å². The Morgan fingerprint density at radius 1 is 1.33 bits per heavy atom. The molecule has 12 heavy (non-hydrogen) atoms. The van der Waals surface area contributed by atoms with Gasteiger partial charge < -0.3 is 4.98 Å². The van der Waals surface area contributed by atoms with E-state index in [4.69, 9.17) is 0 Å². The van der Waals surface area contributed by atoms with Crippen molar-refractivity contribution < 1.29 is 0 Å². The van der Waals surface area contributed by atoms with E-state index in [1.807, 2.05) is 39.8 Å². The highest BCUT2D eigenvalue weighted by molar-refractivity contribution is 5.12. The summed E-state index contributed by atoms with van der Waals surface area (Å²) in [4.78, 5) is 13.6. The molecule has 0 spiro atoms. The van der Waals surface area contributed by atoms with Crippen molar-refractivity contribution in [1.29, 1.82) is 0 Å². The first-order valence-electron chi connectivity index (χ1n) is 4.39. The molecule has 68 valence electrons. The van der Waals surface area contributed by atoms with Crippen LogP contribution in [-0.4, -0.2) is 4.98 Å². The van der Waals surface area contributed by atoms with Crippen LogP contribution in [0.25, 0.3) is 0 Å². The lowest BCUT2D eigenvalue weighted by Crippen LogP contribution is -2.11. The van der Waals surface area contributed by atoms with Crippen LogP contribution in [0.15, 0.2) is 23.1 Å². The van der Waals surface area contributed by atoms with Crippen molar-refractivity contribution in [2.24, 2.45) is 0 Å². The molecule has 0 atom stereocenters. The van der Waals surface area contributed by atoms with Gasteiger partial charge in [-0.1, -0.05) is 33.8 Å². The largest absolute Gasteiger partial charge is 0.329 e. The molecule has 0 saturated heterocycles. The van der Waals surface area contributed by atoms with E-state index in [9.17, 15) is 4.79 Å². The zero-order valence-corrected chi connectivity index (χ0v) is 8.22. The van der Waals surface area contributed by atoms with E-state index in [-0.39, 0.29) is 5.56 Å². The number of aromatic nitrogens is 1. The maximum Gasteiger partial charge on any atom is 0.251 e. The number of hydrogen-bond donors (Lipinski definition) is 1. The summed E-state index contributed by atoms with van der Waals surface area (Å²) in [6.07, 6.45) is 1.65. The van der Waals surface area contributed by atoms with Gasteiger partial charge in [-0.2, -0.15) is 0 Å². The minimum atomic E-state index is 0.0255. The third kappa shape index (κ3) is 2.91. The highest BCUT2D eigenvalue weighted by atomic mass is 16.1. The number of pyridine rings is 1. The van der Waals surface area contributed by atoms with Gasteiger partial charge in [0.2, 0.25) is 0 Å². The lowest BCUT2D eigenvalue weighted by atomic mass is 10.1. The van der Waals surface area contributed by atoms with E-state index in [2.05, 4.69) is 4.98 Å². The van der Waals surface area contributed by atoms with Gasteiger partial charge in [-0.05, 0) is 12.0 Å². The fourth-order valence-corrected chi connectivity index (χ4v) is 0.889. The molecule has 1 rings (SSSR count). The summed E-state index contributed by atoms with van der Waals surface area (Å²) < 4.78 is 0. The fraction of sp³-hybridized carbons (Fsp3) is 0.500. The van der Waals surface area contributed by atoms with Crippen molar-refractivity contribution in [2.75, 3.05) is 0 Å². The van der Waals surface area contributed by atoms with Crippen LogP contribution >= 0.6 is 0 Å². The molecule has 0 aromatic carbocycles. The minimum absolute atomic E-state index is 0.0255. The molecule has 0 aliphatic rings. The summed E-state index contributed by atoms with van der Waals surface area (Å²) in [5.74, 6) is 0.310. The Labute approximate surface area is 73.6 Å². The summed E-state index contributed by atoms with van der Waals surface area (Å²) in [6.45, 7) is 8.01. The molecular weight excluding hydrogens is 150 g/mol. The molecule has 1 aromatic rings. The standard InChI is InChI=1S/C8H11NO.C2H6/c1-6(2)7-4-3-5-9-8(7)10;1-2/h3-6H,1-2H3,(H,9,10);1-2H3. The number of H-pyrrole nitrogens is 1. The van der Waals surface area contributed by atoms with Crippen LogP contribution in [0.5, 0.6) is 0 Å². The molecule has 0 unspecified atom stereocenters. The first kappa shape index (κ1) is 11.0. The Kier molecular flexibility index (Phi) is 5.09. The van der Waals surface area contributed by atoms with Crippen molar-refractivity contribution in [3.05, 3.63) is 34.2 Å². The normalized spacial score (nSPS) is 9.08. The smallest absolute Gasteiger partial charge is 0.251 e. The van der Waals surface area contributed by atoms with Crippen molar-refractivity contribution >= 4 is 0 Å². The van der Waals surface area contributed by atoms with Crippen LogP contribution in [-0.2, 0) is 0 Å². The predicted octanol–water partition coefficient (Wildman–Crippen LogP) is 2.52. The van der Waals surface area contributed by atoms with Crippen LogP contribution in [0, 0.1) is 0 Å². The van der Waals surface area contributed by atoms with Crippen LogP contribution in [0.2, 0.25) is 0 Å². The van der Waals surface area contributed by atoms with Gasteiger partial charge in [0.15, 0.2) is 0 Å². The van der Waals surface area contributed by atoms with Crippen molar-refractivity contribution in [1.82, 2.24) is 4.98 Å². The summed E-state index contributed by atoms with van der Waals surface area (Å²) >= 11 is 0. The first-order chi connectivity index (χ1) is 5.72. The quantitative estimate of drug-likeness (QED) is 0.685. The van der Waals surface area contributed by atoms with Gasteiger partial charge in [-0.3, -0.25) is 4.79 Å². The van der Waals surface area contributed by atoms with E-state index >= 15 is 0 Å². The molecule has 0 fully saturated rings. The number of aromatic amines is 1. The third-order valence-electron chi connectivity index (χ3n) is 1.47. The van der Waals surface area contributed by atoms with Crippen molar-refractivity contribution in [2.45, 2.75) is 33.6 Å². The molecule has 2 heteroatoms.